The molecule has 0 aromatic heterocycles. The molecule has 1 aliphatic heterocycles. The van der Waals surface area contributed by atoms with E-state index in [0.29, 0.717) is 0 Å². The third-order valence-electron chi connectivity index (χ3n) is 3.52. The number of piperidine rings is 1. The van der Waals surface area contributed by atoms with Crippen LogP contribution in [0, 0.1) is 0 Å². The van der Waals surface area contributed by atoms with Crippen LogP contribution in [0.5, 0.6) is 0 Å². The molecule has 0 saturated carbocycles. The zero-order valence-corrected chi connectivity index (χ0v) is 13.9. The van der Waals surface area contributed by atoms with E-state index in [4.69, 9.17) is 5.73 Å². The SMILES string of the molecule is CN(C)C(C)(C)CN=C(N)N1CCCCC1.I. The molecule has 1 saturated heterocycles. The van der Waals surface area contributed by atoms with Gasteiger partial charge in [-0.3, -0.25) is 4.99 Å². The molecular formula is C12H27IN4. The second-order valence-electron chi connectivity index (χ2n) is 5.43. The molecule has 4 nitrogen and oxygen atoms in total. The van der Waals surface area contributed by atoms with Crippen LogP contribution in [0.1, 0.15) is 33.1 Å². The van der Waals surface area contributed by atoms with Crippen molar-refractivity contribution in [3.8, 4) is 0 Å². The quantitative estimate of drug-likeness (QED) is 0.477. The Hall–Kier alpha value is -0.0400. The zero-order valence-electron chi connectivity index (χ0n) is 11.6. The summed E-state index contributed by atoms with van der Waals surface area (Å²) >= 11 is 0. The summed E-state index contributed by atoms with van der Waals surface area (Å²) in [7, 11) is 4.15. The Morgan fingerprint density at radius 3 is 2.24 bits per heavy atom. The average molecular weight is 354 g/mol. The highest BCUT2D eigenvalue weighted by molar-refractivity contribution is 14.0. The second kappa shape index (κ2) is 7.41. The number of nitrogens with zero attached hydrogens (tertiary/aromatic N) is 3. The molecule has 0 unspecified atom stereocenters. The number of halogens is 1. The molecule has 0 aromatic rings. The number of nitrogens with two attached hydrogens (primary N) is 1. The van der Waals surface area contributed by atoms with Crippen LogP contribution in [0.25, 0.3) is 0 Å². The van der Waals surface area contributed by atoms with Crippen molar-refractivity contribution in [3.05, 3.63) is 0 Å². The number of likely N-dealkylation sites (N-methyl/N-ethyl adjacent to an activating group) is 1. The monoisotopic (exact) mass is 354 g/mol. The number of aliphatic imine (C=N–C) groups is 1. The third kappa shape index (κ3) is 5.42. The standard InChI is InChI=1S/C12H26N4.HI/c1-12(2,15(3)4)10-14-11(13)16-8-6-5-7-9-16;/h5-10H2,1-4H3,(H2,13,14);1H. The first-order valence-electron chi connectivity index (χ1n) is 6.16. The molecule has 5 heteroatoms. The second-order valence-corrected chi connectivity index (χ2v) is 5.43. The van der Waals surface area contributed by atoms with Gasteiger partial charge in [-0.05, 0) is 47.2 Å². The fraction of sp³-hybridized carbons (Fsp3) is 0.917. The van der Waals surface area contributed by atoms with Gasteiger partial charge in [-0.2, -0.15) is 0 Å². The predicted molar refractivity (Wildman–Crippen MR) is 85.1 cm³/mol. The lowest BCUT2D eigenvalue weighted by Crippen LogP contribution is -2.44. The summed E-state index contributed by atoms with van der Waals surface area (Å²) in [6.07, 6.45) is 3.81. The zero-order chi connectivity index (χ0) is 12.2. The lowest BCUT2D eigenvalue weighted by molar-refractivity contribution is 0.204. The van der Waals surface area contributed by atoms with Crippen LogP contribution < -0.4 is 5.73 Å². The van der Waals surface area contributed by atoms with Gasteiger partial charge >= 0.3 is 0 Å². The average Bonchev–Trinajstić information content (AvgIpc) is 2.27. The molecule has 2 N–H and O–H groups in total. The Labute approximate surface area is 123 Å². The maximum absolute atomic E-state index is 6.01. The van der Waals surface area contributed by atoms with Gasteiger partial charge in [-0.25, -0.2) is 0 Å². The van der Waals surface area contributed by atoms with Crippen molar-refractivity contribution in [2.24, 2.45) is 10.7 Å². The topological polar surface area (TPSA) is 44.9 Å². The summed E-state index contributed by atoms with van der Waals surface area (Å²) in [5, 5.41) is 0. The summed E-state index contributed by atoms with van der Waals surface area (Å²) < 4.78 is 0. The molecule has 1 fully saturated rings. The summed E-state index contributed by atoms with van der Waals surface area (Å²) in [6.45, 7) is 7.25. The Morgan fingerprint density at radius 1 is 1.24 bits per heavy atom. The van der Waals surface area contributed by atoms with Gasteiger partial charge in [-0.1, -0.05) is 0 Å². The molecule has 0 radical (unpaired) electrons. The lowest BCUT2D eigenvalue weighted by atomic mass is 10.1. The summed E-state index contributed by atoms with van der Waals surface area (Å²) in [5.74, 6) is 0.717. The largest absolute Gasteiger partial charge is 0.370 e. The van der Waals surface area contributed by atoms with Crippen molar-refractivity contribution in [3.63, 3.8) is 0 Å². The number of hydrogen-bond acceptors (Lipinski definition) is 2. The maximum atomic E-state index is 6.01. The molecule has 1 rings (SSSR count). The Bertz CT molecular complexity index is 245. The maximum Gasteiger partial charge on any atom is 0.191 e. The first-order chi connectivity index (χ1) is 7.43. The summed E-state index contributed by atoms with van der Waals surface area (Å²) in [4.78, 5) is 8.90. The van der Waals surface area contributed by atoms with Crippen LogP contribution in [0.15, 0.2) is 4.99 Å². The van der Waals surface area contributed by atoms with E-state index in [2.05, 4.69) is 42.7 Å². The van der Waals surface area contributed by atoms with E-state index in [1.807, 2.05) is 0 Å². The lowest BCUT2D eigenvalue weighted by Gasteiger charge is -2.32. The Morgan fingerprint density at radius 2 is 1.76 bits per heavy atom. The highest BCUT2D eigenvalue weighted by atomic mass is 127. The number of hydrogen-bond donors (Lipinski definition) is 1. The predicted octanol–water partition coefficient (Wildman–Crippen LogP) is 1.75. The van der Waals surface area contributed by atoms with E-state index in [9.17, 15) is 0 Å². The molecule has 0 aliphatic carbocycles. The highest BCUT2D eigenvalue weighted by Gasteiger charge is 2.20. The van der Waals surface area contributed by atoms with Crippen LogP contribution in [0.2, 0.25) is 0 Å². The Kier molecular flexibility index (Phi) is 7.39. The van der Waals surface area contributed by atoms with Crippen LogP contribution >= 0.6 is 24.0 Å². The minimum atomic E-state index is 0. The molecule has 0 amide bonds. The van der Waals surface area contributed by atoms with E-state index >= 15 is 0 Å². The van der Waals surface area contributed by atoms with E-state index in [-0.39, 0.29) is 29.5 Å². The minimum absolute atomic E-state index is 0. The van der Waals surface area contributed by atoms with Gasteiger partial charge in [0, 0.05) is 18.6 Å². The first-order valence-corrected chi connectivity index (χ1v) is 6.16. The summed E-state index contributed by atoms with van der Waals surface area (Å²) in [5.41, 5.74) is 6.08. The molecule has 0 spiro atoms. The van der Waals surface area contributed by atoms with Crippen LogP contribution in [0.3, 0.4) is 0 Å². The molecule has 0 aromatic carbocycles. The van der Waals surface area contributed by atoms with Crippen molar-refractivity contribution >= 4 is 29.9 Å². The van der Waals surface area contributed by atoms with E-state index in [1.165, 1.54) is 19.3 Å². The van der Waals surface area contributed by atoms with Crippen LogP contribution in [0.4, 0.5) is 0 Å². The summed E-state index contributed by atoms with van der Waals surface area (Å²) in [6, 6.07) is 0. The highest BCUT2D eigenvalue weighted by Crippen LogP contribution is 2.11. The molecule has 17 heavy (non-hydrogen) atoms. The minimum Gasteiger partial charge on any atom is -0.370 e. The van der Waals surface area contributed by atoms with E-state index in [1.54, 1.807) is 0 Å². The van der Waals surface area contributed by atoms with Crippen molar-refractivity contribution in [2.75, 3.05) is 33.7 Å². The fourth-order valence-electron chi connectivity index (χ4n) is 1.64. The fourth-order valence-corrected chi connectivity index (χ4v) is 1.64. The van der Waals surface area contributed by atoms with Crippen molar-refractivity contribution < 1.29 is 0 Å². The molecule has 0 bridgehead atoms. The molecule has 0 atom stereocenters. The van der Waals surface area contributed by atoms with E-state index in [0.717, 1.165) is 25.6 Å². The van der Waals surface area contributed by atoms with Gasteiger partial charge in [0.05, 0.1) is 6.54 Å². The van der Waals surface area contributed by atoms with E-state index < -0.39 is 0 Å². The van der Waals surface area contributed by atoms with Gasteiger partial charge in [0.15, 0.2) is 5.96 Å². The Balaban J connectivity index is 0.00000256. The first kappa shape index (κ1) is 17.0. The van der Waals surface area contributed by atoms with Gasteiger partial charge in [0.25, 0.3) is 0 Å². The number of likely N-dealkylation sites (tertiary alicyclic amines) is 1. The number of guanidine groups is 1. The third-order valence-corrected chi connectivity index (χ3v) is 3.52. The normalized spacial score (nSPS) is 18.2. The van der Waals surface area contributed by atoms with Crippen molar-refractivity contribution in [2.45, 2.75) is 38.6 Å². The van der Waals surface area contributed by atoms with Gasteiger partial charge in [0.2, 0.25) is 0 Å². The number of rotatable bonds is 3. The van der Waals surface area contributed by atoms with Gasteiger partial charge in [-0.15, -0.1) is 24.0 Å². The molecular weight excluding hydrogens is 327 g/mol. The van der Waals surface area contributed by atoms with Crippen molar-refractivity contribution in [1.82, 2.24) is 9.80 Å². The molecule has 102 valence electrons. The van der Waals surface area contributed by atoms with Crippen LogP contribution in [-0.4, -0.2) is 55.0 Å². The van der Waals surface area contributed by atoms with Gasteiger partial charge < -0.3 is 15.5 Å². The molecule has 1 aliphatic rings. The van der Waals surface area contributed by atoms with Crippen LogP contribution in [-0.2, 0) is 0 Å². The van der Waals surface area contributed by atoms with Gasteiger partial charge in [0.1, 0.15) is 0 Å². The molecule has 1 heterocycles. The smallest absolute Gasteiger partial charge is 0.191 e. The van der Waals surface area contributed by atoms with Crippen molar-refractivity contribution in [1.29, 1.82) is 0 Å².